The third-order valence-electron chi connectivity index (χ3n) is 5.98. The number of piperazine rings is 1. The smallest absolute Gasteiger partial charge is 0.233 e. The topological polar surface area (TPSA) is 63.5 Å². The Labute approximate surface area is 210 Å². The molecule has 1 saturated heterocycles. The molecule has 3 aromatic rings. The van der Waals surface area contributed by atoms with Crippen LogP contribution in [0.2, 0.25) is 0 Å². The van der Waals surface area contributed by atoms with Crippen molar-refractivity contribution >= 4 is 23.4 Å². The summed E-state index contributed by atoms with van der Waals surface area (Å²) < 4.78 is 21.2. The number of carbonyl (C=O) groups excluding carboxylic acids is 1. The number of para-hydroxylation sites is 1. The molecule has 1 aliphatic rings. The van der Waals surface area contributed by atoms with Gasteiger partial charge in [-0.2, -0.15) is 0 Å². The van der Waals surface area contributed by atoms with E-state index >= 15 is 0 Å². The number of hydrogen-bond acceptors (Lipinski definition) is 6. The number of benzene rings is 2. The number of nitrogens with zero attached hydrogens (tertiary/aromatic N) is 5. The molecule has 2 aromatic carbocycles. The summed E-state index contributed by atoms with van der Waals surface area (Å²) in [5.41, 5.74) is 0.983. The monoisotopic (exact) mass is 497 g/mol. The molecule has 186 valence electrons. The average molecular weight is 498 g/mol. The maximum absolute atomic E-state index is 13.2. The molecule has 1 aliphatic heterocycles. The first kappa shape index (κ1) is 25.0. The highest BCUT2D eigenvalue weighted by Gasteiger charge is 2.23. The van der Waals surface area contributed by atoms with Crippen LogP contribution < -0.4 is 9.64 Å². The largest absolute Gasteiger partial charge is 0.486 e. The van der Waals surface area contributed by atoms with Gasteiger partial charge in [-0.3, -0.25) is 4.79 Å². The van der Waals surface area contributed by atoms with Crippen LogP contribution in [0.5, 0.6) is 5.75 Å². The van der Waals surface area contributed by atoms with E-state index in [1.807, 2.05) is 35.2 Å². The molecule has 4 rings (SSSR count). The molecular formula is C26H32FN5O2S. The van der Waals surface area contributed by atoms with Crippen molar-refractivity contribution in [2.24, 2.45) is 5.92 Å². The predicted octanol–water partition coefficient (Wildman–Crippen LogP) is 4.48. The number of rotatable bonds is 10. The van der Waals surface area contributed by atoms with Crippen LogP contribution in [0.1, 0.15) is 26.1 Å². The van der Waals surface area contributed by atoms with Crippen LogP contribution in [-0.4, -0.2) is 57.5 Å². The second kappa shape index (κ2) is 12.1. The fourth-order valence-electron chi connectivity index (χ4n) is 3.89. The minimum atomic E-state index is -0.240. The zero-order chi connectivity index (χ0) is 24.6. The summed E-state index contributed by atoms with van der Waals surface area (Å²) in [6.45, 7) is 8.24. The van der Waals surface area contributed by atoms with E-state index in [1.54, 1.807) is 12.1 Å². The second-order valence-corrected chi connectivity index (χ2v) is 9.91. The molecule has 35 heavy (non-hydrogen) atoms. The van der Waals surface area contributed by atoms with Crippen LogP contribution in [0.3, 0.4) is 0 Å². The molecule has 0 aliphatic carbocycles. The highest BCUT2D eigenvalue weighted by Crippen LogP contribution is 2.22. The SMILES string of the molecule is CC(C)CCn1c(COc2ccccc2)nnc1SCC(=O)N1CCN(c2ccc(F)cc2)CC1. The second-order valence-electron chi connectivity index (χ2n) is 8.97. The van der Waals surface area contributed by atoms with Gasteiger partial charge in [-0.1, -0.05) is 43.8 Å². The van der Waals surface area contributed by atoms with Crippen LogP contribution in [0, 0.1) is 11.7 Å². The van der Waals surface area contributed by atoms with E-state index in [-0.39, 0.29) is 11.7 Å². The molecule has 0 bridgehead atoms. The van der Waals surface area contributed by atoms with Crippen LogP contribution in [0.25, 0.3) is 0 Å². The highest BCUT2D eigenvalue weighted by molar-refractivity contribution is 7.99. The highest BCUT2D eigenvalue weighted by atomic mass is 32.2. The van der Waals surface area contributed by atoms with Gasteiger partial charge in [0.25, 0.3) is 0 Å². The lowest BCUT2D eigenvalue weighted by Crippen LogP contribution is -2.49. The number of hydrogen-bond donors (Lipinski definition) is 0. The first-order valence-corrected chi connectivity index (χ1v) is 13.0. The molecule has 0 radical (unpaired) electrons. The molecule has 0 atom stereocenters. The van der Waals surface area contributed by atoms with Gasteiger partial charge in [0.15, 0.2) is 11.0 Å². The first-order valence-electron chi connectivity index (χ1n) is 12.0. The van der Waals surface area contributed by atoms with Crippen molar-refractivity contribution in [3.8, 4) is 5.75 Å². The Hall–Kier alpha value is -3.07. The summed E-state index contributed by atoms with van der Waals surface area (Å²) in [6, 6.07) is 16.2. The molecule has 0 spiro atoms. The summed E-state index contributed by atoms with van der Waals surface area (Å²) >= 11 is 1.43. The first-order chi connectivity index (χ1) is 17.0. The van der Waals surface area contributed by atoms with Gasteiger partial charge in [0.1, 0.15) is 18.2 Å². The number of ether oxygens (including phenoxy) is 1. The Balaban J connectivity index is 1.32. The summed E-state index contributed by atoms with van der Waals surface area (Å²) in [5.74, 6) is 2.25. The molecule has 0 saturated carbocycles. The van der Waals surface area contributed by atoms with Crippen molar-refractivity contribution in [2.75, 3.05) is 36.8 Å². The maximum Gasteiger partial charge on any atom is 0.233 e. The van der Waals surface area contributed by atoms with Gasteiger partial charge in [-0.05, 0) is 48.7 Å². The van der Waals surface area contributed by atoms with Gasteiger partial charge in [-0.15, -0.1) is 10.2 Å². The van der Waals surface area contributed by atoms with Gasteiger partial charge in [0.2, 0.25) is 5.91 Å². The van der Waals surface area contributed by atoms with Gasteiger partial charge in [0.05, 0.1) is 5.75 Å². The summed E-state index contributed by atoms with van der Waals surface area (Å²) in [4.78, 5) is 17.0. The van der Waals surface area contributed by atoms with E-state index in [4.69, 9.17) is 4.74 Å². The predicted molar refractivity (Wildman–Crippen MR) is 136 cm³/mol. The fourth-order valence-corrected chi connectivity index (χ4v) is 4.78. The summed E-state index contributed by atoms with van der Waals surface area (Å²) in [5, 5.41) is 9.47. The summed E-state index contributed by atoms with van der Waals surface area (Å²) in [7, 11) is 0. The van der Waals surface area contributed by atoms with Gasteiger partial charge in [0, 0.05) is 38.4 Å². The molecule has 1 fully saturated rings. The number of thioether (sulfide) groups is 1. The van der Waals surface area contributed by atoms with Gasteiger partial charge < -0.3 is 19.1 Å². The lowest BCUT2D eigenvalue weighted by atomic mass is 10.1. The van der Waals surface area contributed by atoms with E-state index in [2.05, 4.69) is 33.5 Å². The van der Waals surface area contributed by atoms with Crippen LogP contribution in [0.4, 0.5) is 10.1 Å². The van der Waals surface area contributed by atoms with Crippen molar-refractivity contribution in [1.82, 2.24) is 19.7 Å². The summed E-state index contributed by atoms with van der Waals surface area (Å²) in [6.07, 6.45) is 0.989. The maximum atomic E-state index is 13.2. The van der Waals surface area contributed by atoms with E-state index in [1.165, 1.54) is 23.9 Å². The minimum Gasteiger partial charge on any atom is -0.486 e. The number of carbonyl (C=O) groups is 1. The van der Waals surface area contributed by atoms with Gasteiger partial charge >= 0.3 is 0 Å². The average Bonchev–Trinajstić information content (AvgIpc) is 3.27. The van der Waals surface area contributed by atoms with Crippen LogP contribution >= 0.6 is 11.8 Å². The zero-order valence-corrected chi connectivity index (χ0v) is 21.1. The molecule has 2 heterocycles. The van der Waals surface area contributed by atoms with E-state index < -0.39 is 0 Å². The Morgan fingerprint density at radius 1 is 1.03 bits per heavy atom. The number of aromatic nitrogens is 3. The van der Waals surface area contributed by atoms with Crippen molar-refractivity contribution in [3.05, 3.63) is 66.2 Å². The zero-order valence-electron chi connectivity index (χ0n) is 20.3. The number of amides is 1. The standard InChI is InChI=1S/C26H32FN5O2S/c1-20(2)12-13-32-24(18-34-23-6-4-3-5-7-23)28-29-26(32)35-19-25(33)31-16-14-30(15-17-31)22-10-8-21(27)9-11-22/h3-11,20H,12-19H2,1-2H3. The Morgan fingerprint density at radius 3 is 2.43 bits per heavy atom. The Morgan fingerprint density at radius 2 is 1.74 bits per heavy atom. The molecular weight excluding hydrogens is 465 g/mol. The van der Waals surface area contributed by atoms with Crippen molar-refractivity contribution in [1.29, 1.82) is 0 Å². The van der Waals surface area contributed by atoms with E-state index in [0.29, 0.717) is 31.4 Å². The Bertz CT molecular complexity index is 1080. The van der Waals surface area contributed by atoms with Crippen molar-refractivity contribution < 1.29 is 13.9 Å². The molecule has 0 N–H and O–H groups in total. The van der Waals surface area contributed by atoms with Crippen molar-refractivity contribution in [2.45, 2.75) is 38.6 Å². The third kappa shape index (κ3) is 6.97. The lowest BCUT2D eigenvalue weighted by molar-refractivity contribution is -0.128. The number of halogens is 1. The number of anilines is 1. The molecule has 1 amide bonds. The van der Waals surface area contributed by atoms with E-state index in [9.17, 15) is 9.18 Å². The lowest BCUT2D eigenvalue weighted by Gasteiger charge is -2.36. The Kier molecular flexibility index (Phi) is 8.63. The fraction of sp³-hybridized carbons (Fsp3) is 0.423. The van der Waals surface area contributed by atoms with Gasteiger partial charge in [-0.25, -0.2) is 4.39 Å². The van der Waals surface area contributed by atoms with Crippen molar-refractivity contribution in [3.63, 3.8) is 0 Å². The van der Waals surface area contributed by atoms with E-state index in [0.717, 1.165) is 48.5 Å². The minimum absolute atomic E-state index is 0.0919. The quantitative estimate of drug-likeness (QED) is 0.385. The van der Waals surface area contributed by atoms with Crippen LogP contribution in [-0.2, 0) is 17.9 Å². The molecule has 9 heteroatoms. The molecule has 1 aromatic heterocycles. The van der Waals surface area contributed by atoms with Crippen LogP contribution in [0.15, 0.2) is 59.8 Å². The molecule has 7 nitrogen and oxygen atoms in total. The third-order valence-corrected chi connectivity index (χ3v) is 6.94. The normalized spacial score (nSPS) is 13.9. The molecule has 0 unspecified atom stereocenters.